The van der Waals surface area contributed by atoms with Crippen LogP contribution < -0.4 is 4.40 Å². The maximum atomic E-state index is 6.43. The van der Waals surface area contributed by atoms with Gasteiger partial charge in [-0.2, -0.15) is 0 Å². The Kier molecular flexibility index (Phi) is 8.67. The molecule has 0 unspecified atom stereocenters. The summed E-state index contributed by atoms with van der Waals surface area (Å²) < 4.78 is 9.76. The largest absolute Gasteiger partial charge is 0.305 e. The maximum Gasteiger partial charge on any atom is 0.0160 e. The standard InChI is InChI=1S/C24H19GeN6O.C11H8N.Ir/c1-25(2,3)15-12-13-17-18-10-7-11-19(21(18)32-20(17)14-15)23-26-22-24(28-30-29-27-22)31(23)16-8-5-4-6-9-16;1-2-6-10(7-3-1)11-8-4-5-9-12-11;/h4-10,12-14H,1-3H3;1-6,8-9H;/q2*-1;. The number of rotatable bonds is 4. The SMILES string of the molecule is [CH3][Ge]([CH3])([CH3])[c]1ccc2c(c1)oc1c(-c3nc4nnnnc4n3-c3ccccc3)[c-]ccc12.[Ir].[c-]1ccccc1-c1ccccn1. The molecule has 8 nitrogen and oxygen atoms in total. The molecule has 45 heavy (non-hydrogen) atoms. The summed E-state index contributed by atoms with van der Waals surface area (Å²) in [6, 6.07) is 40.6. The summed E-state index contributed by atoms with van der Waals surface area (Å²) in [4.78, 5) is 8.96. The number of hydrogen-bond acceptors (Lipinski definition) is 7. The van der Waals surface area contributed by atoms with Crippen LogP contribution in [0.25, 0.3) is 61.6 Å². The molecule has 0 aliphatic carbocycles. The minimum absolute atomic E-state index is 0. The van der Waals surface area contributed by atoms with E-state index in [-0.39, 0.29) is 20.1 Å². The minimum atomic E-state index is -1.99. The molecule has 0 bridgehead atoms. The summed E-state index contributed by atoms with van der Waals surface area (Å²) in [5.41, 5.74) is 6.25. The van der Waals surface area contributed by atoms with E-state index in [1.165, 1.54) is 4.40 Å². The van der Waals surface area contributed by atoms with Crippen molar-refractivity contribution in [2.45, 2.75) is 17.3 Å². The molecule has 223 valence electrons. The van der Waals surface area contributed by atoms with Crippen LogP contribution in [0.15, 0.2) is 114 Å². The third kappa shape index (κ3) is 6.07. The molecular formula is C35H27GeIrN7O-2. The number of pyridine rings is 1. The van der Waals surface area contributed by atoms with E-state index >= 15 is 0 Å². The number of imidazole rings is 1. The van der Waals surface area contributed by atoms with Gasteiger partial charge in [0.1, 0.15) is 0 Å². The molecule has 0 atom stereocenters. The fourth-order valence-corrected chi connectivity index (χ4v) is 7.53. The second-order valence-corrected chi connectivity index (χ2v) is 21.9. The van der Waals surface area contributed by atoms with E-state index < -0.39 is 13.3 Å². The average Bonchev–Trinajstić information content (AvgIpc) is 3.64. The van der Waals surface area contributed by atoms with Crippen LogP contribution in [0.1, 0.15) is 0 Å². The molecule has 10 heteroatoms. The van der Waals surface area contributed by atoms with Crippen molar-refractivity contribution in [3.05, 3.63) is 121 Å². The zero-order chi connectivity index (χ0) is 30.1. The van der Waals surface area contributed by atoms with Gasteiger partial charge < -0.3 is 4.98 Å². The number of benzene rings is 4. The van der Waals surface area contributed by atoms with Crippen LogP contribution in [0.5, 0.6) is 0 Å². The van der Waals surface area contributed by atoms with Crippen LogP contribution in [0.4, 0.5) is 0 Å². The quantitative estimate of drug-likeness (QED) is 0.139. The van der Waals surface area contributed by atoms with Crippen molar-refractivity contribution in [2.24, 2.45) is 0 Å². The molecule has 0 fully saturated rings. The van der Waals surface area contributed by atoms with Crippen molar-refractivity contribution in [3.63, 3.8) is 0 Å². The summed E-state index contributed by atoms with van der Waals surface area (Å²) >= 11 is -1.99. The van der Waals surface area contributed by atoms with Crippen LogP contribution in [-0.2, 0) is 20.1 Å². The Bertz CT molecular complexity index is 2180. The Morgan fingerprint density at radius 1 is 0.756 bits per heavy atom. The van der Waals surface area contributed by atoms with Crippen LogP contribution in [0, 0.1) is 12.1 Å². The van der Waals surface area contributed by atoms with Crippen molar-refractivity contribution >= 4 is 50.9 Å². The van der Waals surface area contributed by atoms with Crippen LogP contribution >= 0.6 is 0 Å². The predicted octanol–water partition coefficient (Wildman–Crippen LogP) is 7.06. The first kappa shape index (κ1) is 30.5. The molecule has 4 aromatic heterocycles. The summed E-state index contributed by atoms with van der Waals surface area (Å²) in [5.74, 6) is 7.79. The molecule has 0 aliphatic heterocycles. The average molecular weight is 826 g/mol. The van der Waals surface area contributed by atoms with Crippen molar-refractivity contribution < 1.29 is 24.5 Å². The second kappa shape index (κ2) is 12.8. The van der Waals surface area contributed by atoms with Gasteiger partial charge in [0, 0.05) is 26.3 Å². The number of nitrogens with zero attached hydrogens (tertiary/aromatic N) is 7. The van der Waals surface area contributed by atoms with E-state index in [1.54, 1.807) is 6.20 Å². The number of hydrogen-bond donors (Lipinski definition) is 0. The van der Waals surface area contributed by atoms with Crippen LogP contribution in [-0.4, -0.2) is 48.4 Å². The molecule has 0 saturated heterocycles. The smallest absolute Gasteiger partial charge is 0.0160 e. The second-order valence-electron chi connectivity index (χ2n) is 11.3. The molecule has 0 amide bonds. The van der Waals surface area contributed by atoms with Crippen molar-refractivity contribution in [1.82, 2.24) is 35.2 Å². The summed E-state index contributed by atoms with van der Waals surface area (Å²) in [7, 11) is 0. The summed E-state index contributed by atoms with van der Waals surface area (Å²) in [6.45, 7) is 0. The molecule has 4 heterocycles. The number of para-hydroxylation sites is 1. The minimum Gasteiger partial charge on any atom is -0.305 e. The first-order chi connectivity index (χ1) is 21.5. The van der Waals surface area contributed by atoms with Gasteiger partial charge in [0.25, 0.3) is 0 Å². The van der Waals surface area contributed by atoms with Gasteiger partial charge in [-0.05, 0) is 11.8 Å². The van der Waals surface area contributed by atoms with Crippen molar-refractivity contribution in [1.29, 1.82) is 0 Å². The molecule has 0 spiro atoms. The number of aromatic nitrogens is 7. The molecule has 0 saturated carbocycles. The Morgan fingerprint density at radius 3 is 2.31 bits per heavy atom. The van der Waals surface area contributed by atoms with Gasteiger partial charge in [-0.25, -0.2) is 0 Å². The van der Waals surface area contributed by atoms with Gasteiger partial charge in [0.15, 0.2) is 0 Å². The van der Waals surface area contributed by atoms with Crippen molar-refractivity contribution in [2.75, 3.05) is 0 Å². The van der Waals surface area contributed by atoms with E-state index in [1.807, 2.05) is 89.5 Å². The number of fused-ring (bicyclic) bond motifs is 4. The molecule has 1 radical (unpaired) electrons. The molecule has 8 rings (SSSR count). The first-order valence-corrected chi connectivity index (χ1v) is 21.6. The van der Waals surface area contributed by atoms with Gasteiger partial charge in [-0.1, -0.05) is 12.1 Å². The first-order valence-electron chi connectivity index (χ1n) is 14.2. The van der Waals surface area contributed by atoms with Gasteiger partial charge in [-0.15, -0.1) is 35.9 Å². The van der Waals surface area contributed by atoms with Crippen molar-refractivity contribution in [3.8, 4) is 28.3 Å². The summed E-state index contributed by atoms with van der Waals surface area (Å²) in [5, 5.41) is 17.8. The third-order valence-electron chi connectivity index (χ3n) is 7.34. The van der Waals surface area contributed by atoms with Gasteiger partial charge >= 0.3 is 187 Å². The Morgan fingerprint density at radius 2 is 1.56 bits per heavy atom. The fraction of sp³-hybridized carbons (Fsp3) is 0.0857. The van der Waals surface area contributed by atoms with Gasteiger partial charge in [-0.3, -0.25) is 0 Å². The monoisotopic (exact) mass is 828 g/mol. The Balaban J connectivity index is 0.000000231. The topological polar surface area (TPSA) is 95.4 Å². The molecule has 0 aliphatic rings. The van der Waals surface area contributed by atoms with Gasteiger partial charge in [0.2, 0.25) is 0 Å². The van der Waals surface area contributed by atoms with E-state index in [2.05, 4.69) is 73.2 Å². The van der Waals surface area contributed by atoms with E-state index in [0.29, 0.717) is 17.1 Å². The predicted molar refractivity (Wildman–Crippen MR) is 175 cm³/mol. The molecular weight excluding hydrogens is 799 g/mol. The van der Waals surface area contributed by atoms with Crippen LogP contribution in [0.2, 0.25) is 17.3 Å². The zero-order valence-electron chi connectivity index (χ0n) is 24.8. The normalized spacial score (nSPS) is 11.3. The van der Waals surface area contributed by atoms with Gasteiger partial charge in [0.05, 0.1) is 0 Å². The molecule has 8 aromatic rings. The van der Waals surface area contributed by atoms with E-state index in [4.69, 9.17) is 9.40 Å². The maximum absolute atomic E-state index is 6.43. The molecule has 0 N–H and O–H groups in total. The van der Waals surface area contributed by atoms with E-state index in [0.717, 1.165) is 44.4 Å². The third-order valence-corrected chi connectivity index (χ3v) is 11.6. The summed E-state index contributed by atoms with van der Waals surface area (Å²) in [6.07, 6.45) is 1.79. The fourth-order valence-electron chi connectivity index (χ4n) is 5.12. The Hall–Kier alpha value is -4.57. The molecule has 4 aromatic carbocycles. The number of furan rings is 1. The van der Waals surface area contributed by atoms with E-state index in [9.17, 15) is 0 Å². The van der Waals surface area contributed by atoms with Crippen LogP contribution in [0.3, 0.4) is 0 Å². The zero-order valence-corrected chi connectivity index (χ0v) is 29.3. The Labute approximate surface area is 276 Å².